The van der Waals surface area contributed by atoms with Crippen LogP contribution in [0.15, 0.2) is 18.2 Å². The maximum atomic E-state index is 11.7. The number of hydrogen-bond donors (Lipinski definition) is 1. The molecule has 2 N–H and O–H groups in total. The number of hydrogen-bond acceptors (Lipinski definition) is 3. The van der Waals surface area contributed by atoms with E-state index in [0.29, 0.717) is 23.0 Å². The molecule has 0 bridgehead atoms. The molecule has 1 amide bonds. The molecule has 1 saturated heterocycles. The van der Waals surface area contributed by atoms with Gasteiger partial charge in [0.25, 0.3) is 0 Å². The van der Waals surface area contributed by atoms with Crippen molar-refractivity contribution >= 4 is 39.1 Å². The molecule has 1 fully saturated rings. The topological polar surface area (TPSA) is 80.5 Å². The molecule has 1 aromatic rings. The van der Waals surface area contributed by atoms with Crippen LogP contribution >= 0.6 is 23.2 Å². The van der Waals surface area contributed by atoms with Crippen molar-refractivity contribution in [1.29, 1.82) is 0 Å². The third kappa shape index (κ3) is 3.63. The molecule has 110 valence electrons. The zero-order chi connectivity index (χ0) is 14.9. The quantitative estimate of drug-likeness (QED) is 0.902. The van der Waals surface area contributed by atoms with E-state index in [0.717, 1.165) is 5.56 Å². The predicted octanol–water partition coefficient (Wildman–Crippen LogP) is 1.43. The summed E-state index contributed by atoms with van der Waals surface area (Å²) in [6.45, 7) is 0.551. The van der Waals surface area contributed by atoms with Gasteiger partial charge >= 0.3 is 0 Å². The van der Waals surface area contributed by atoms with Crippen molar-refractivity contribution in [2.24, 2.45) is 5.14 Å². The van der Waals surface area contributed by atoms with E-state index in [-0.39, 0.29) is 18.9 Å². The molecule has 0 aliphatic carbocycles. The van der Waals surface area contributed by atoms with E-state index in [2.05, 4.69) is 0 Å². The zero-order valence-corrected chi connectivity index (χ0v) is 12.9. The van der Waals surface area contributed by atoms with Gasteiger partial charge in [-0.1, -0.05) is 29.3 Å². The van der Waals surface area contributed by atoms with Gasteiger partial charge in [0.05, 0.1) is 0 Å². The van der Waals surface area contributed by atoms with Gasteiger partial charge in [0, 0.05) is 29.6 Å². The average Bonchev–Trinajstić information content (AvgIpc) is 2.69. The molecule has 0 spiro atoms. The summed E-state index contributed by atoms with van der Waals surface area (Å²) in [4.78, 5) is 13.2. The molecule has 1 unspecified atom stereocenters. The molecule has 8 heteroatoms. The molecule has 2 rings (SSSR count). The van der Waals surface area contributed by atoms with E-state index >= 15 is 0 Å². The average molecular weight is 337 g/mol. The molecule has 1 atom stereocenters. The van der Waals surface area contributed by atoms with Gasteiger partial charge in [0.1, 0.15) is 5.25 Å². The Morgan fingerprint density at radius 2 is 2.05 bits per heavy atom. The van der Waals surface area contributed by atoms with Crippen molar-refractivity contribution < 1.29 is 13.2 Å². The first-order chi connectivity index (χ1) is 9.27. The Morgan fingerprint density at radius 1 is 1.35 bits per heavy atom. The highest BCUT2D eigenvalue weighted by molar-refractivity contribution is 7.89. The van der Waals surface area contributed by atoms with Crippen LogP contribution in [0.5, 0.6) is 0 Å². The molecule has 1 aliphatic heterocycles. The summed E-state index contributed by atoms with van der Waals surface area (Å²) in [5.74, 6) is -0.200. The van der Waals surface area contributed by atoms with Crippen LogP contribution in [0.1, 0.15) is 12.0 Å². The van der Waals surface area contributed by atoms with Crippen molar-refractivity contribution in [1.82, 2.24) is 4.90 Å². The van der Waals surface area contributed by atoms with Crippen molar-refractivity contribution in [2.75, 3.05) is 13.1 Å². The number of nitrogens with zero attached hydrogens (tertiary/aromatic N) is 1. The zero-order valence-electron chi connectivity index (χ0n) is 10.6. The maximum absolute atomic E-state index is 11.7. The van der Waals surface area contributed by atoms with Crippen molar-refractivity contribution in [3.8, 4) is 0 Å². The summed E-state index contributed by atoms with van der Waals surface area (Å²) < 4.78 is 22.5. The summed E-state index contributed by atoms with van der Waals surface area (Å²) in [5.41, 5.74) is 0.864. The van der Waals surface area contributed by atoms with Gasteiger partial charge < -0.3 is 4.90 Å². The Morgan fingerprint density at radius 3 is 2.60 bits per heavy atom. The van der Waals surface area contributed by atoms with Crippen LogP contribution in [0.4, 0.5) is 0 Å². The van der Waals surface area contributed by atoms with Crippen LogP contribution in [-0.2, 0) is 21.2 Å². The second-order valence-corrected chi connectivity index (χ2v) is 7.43. The predicted molar refractivity (Wildman–Crippen MR) is 78.3 cm³/mol. The normalized spacial score (nSPS) is 19.6. The van der Waals surface area contributed by atoms with E-state index in [9.17, 15) is 13.2 Å². The lowest BCUT2D eigenvalue weighted by Gasteiger charge is -2.16. The Balaban J connectivity index is 1.99. The van der Waals surface area contributed by atoms with Gasteiger partial charge in [-0.2, -0.15) is 0 Å². The highest BCUT2D eigenvalue weighted by Gasteiger charge is 2.36. The highest BCUT2D eigenvalue weighted by atomic mass is 35.5. The van der Waals surface area contributed by atoms with Crippen molar-refractivity contribution in [3.05, 3.63) is 33.8 Å². The van der Waals surface area contributed by atoms with Crippen LogP contribution in [-0.4, -0.2) is 37.6 Å². The minimum atomic E-state index is -3.67. The lowest BCUT2D eigenvalue weighted by atomic mass is 10.1. The third-order valence-electron chi connectivity index (χ3n) is 3.31. The second kappa shape index (κ2) is 5.89. The third-order valence-corrected chi connectivity index (χ3v) is 5.14. The van der Waals surface area contributed by atoms with Crippen LogP contribution in [0.3, 0.4) is 0 Å². The number of carbonyl (C=O) groups is 1. The van der Waals surface area contributed by atoms with E-state index in [4.69, 9.17) is 28.3 Å². The lowest BCUT2D eigenvalue weighted by molar-refractivity contribution is -0.127. The first-order valence-electron chi connectivity index (χ1n) is 6.00. The van der Waals surface area contributed by atoms with E-state index in [1.807, 2.05) is 0 Å². The summed E-state index contributed by atoms with van der Waals surface area (Å²) in [6, 6.07) is 5.15. The fraction of sp³-hybridized carbons (Fsp3) is 0.417. The molecule has 0 saturated carbocycles. The number of halogens is 2. The number of primary sulfonamides is 1. The number of rotatable bonds is 4. The van der Waals surface area contributed by atoms with Crippen LogP contribution < -0.4 is 5.14 Å². The van der Waals surface area contributed by atoms with Crippen molar-refractivity contribution in [3.63, 3.8) is 0 Å². The number of sulfonamides is 1. The number of likely N-dealkylation sites (tertiary alicyclic amines) is 1. The maximum Gasteiger partial charge on any atom is 0.224 e. The van der Waals surface area contributed by atoms with Gasteiger partial charge in [-0.25, -0.2) is 13.6 Å². The standard InChI is InChI=1S/C12H14Cl2N2O3S/c13-9-2-1-8(11(14)5-9)3-4-16-7-10(6-12(16)17)20(15,18)19/h1-2,5,10H,3-4,6-7H2,(H2,15,18,19). The first kappa shape index (κ1) is 15.6. The molecule has 20 heavy (non-hydrogen) atoms. The largest absolute Gasteiger partial charge is 0.341 e. The summed E-state index contributed by atoms with van der Waals surface area (Å²) in [7, 11) is -3.67. The molecule has 1 aromatic carbocycles. The van der Waals surface area contributed by atoms with Gasteiger partial charge in [0.15, 0.2) is 0 Å². The van der Waals surface area contributed by atoms with Gasteiger partial charge in [-0.15, -0.1) is 0 Å². The monoisotopic (exact) mass is 336 g/mol. The second-order valence-electron chi connectivity index (χ2n) is 4.74. The fourth-order valence-corrected chi connectivity index (χ4v) is 3.42. The molecule has 5 nitrogen and oxygen atoms in total. The van der Waals surface area contributed by atoms with E-state index < -0.39 is 15.3 Å². The molecular formula is C12H14Cl2N2O3S. The minimum Gasteiger partial charge on any atom is -0.341 e. The number of nitrogens with two attached hydrogens (primary N) is 1. The van der Waals surface area contributed by atoms with Crippen LogP contribution in [0.2, 0.25) is 10.0 Å². The SMILES string of the molecule is NS(=O)(=O)C1CC(=O)N(CCc2ccc(Cl)cc2Cl)C1. The van der Waals surface area contributed by atoms with E-state index in [1.165, 1.54) is 4.90 Å². The van der Waals surface area contributed by atoms with Gasteiger partial charge in [-0.05, 0) is 24.1 Å². The van der Waals surface area contributed by atoms with Gasteiger partial charge in [0.2, 0.25) is 15.9 Å². The first-order valence-corrected chi connectivity index (χ1v) is 8.37. The van der Waals surface area contributed by atoms with E-state index in [1.54, 1.807) is 18.2 Å². The summed E-state index contributed by atoms with van der Waals surface area (Å²) in [6.07, 6.45) is 0.492. The molecule has 0 radical (unpaired) electrons. The molecule has 0 aromatic heterocycles. The number of benzene rings is 1. The smallest absolute Gasteiger partial charge is 0.224 e. The van der Waals surface area contributed by atoms with Gasteiger partial charge in [-0.3, -0.25) is 4.79 Å². The fourth-order valence-electron chi connectivity index (χ4n) is 2.15. The van der Waals surface area contributed by atoms with Crippen LogP contribution in [0, 0.1) is 0 Å². The lowest BCUT2D eigenvalue weighted by Crippen LogP contribution is -2.33. The summed E-state index contributed by atoms with van der Waals surface area (Å²) >= 11 is 11.9. The highest BCUT2D eigenvalue weighted by Crippen LogP contribution is 2.23. The molecule has 1 aliphatic rings. The minimum absolute atomic E-state index is 0.0484. The molecule has 1 heterocycles. The number of amides is 1. The summed E-state index contributed by atoms with van der Waals surface area (Å²) in [5, 5.41) is 5.34. The van der Waals surface area contributed by atoms with Crippen LogP contribution in [0.25, 0.3) is 0 Å². The Labute approximate surface area is 127 Å². The Bertz CT molecular complexity index is 634. The Kier molecular flexibility index (Phi) is 4.59. The van der Waals surface area contributed by atoms with Crippen molar-refractivity contribution in [2.45, 2.75) is 18.1 Å². The number of carbonyl (C=O) groups excluding carboxylic acids is 1. The Hall–Kier alpha value is -0.820. The molecular weight excluding hydrogens is 323 g/mol.